The SMILES string of the molecule is CC(C)NCc1csc(N(C)C2CCCCC2C)n1. The van der Waals surface area contributed by atoms with Crippen LogP contribution in [-0.4, -0.2) is 24.1 Å². The summed E-state index contributed by atoms with van der Waals surface area (Å²) in [5.74, 6) is 0.792. The standard InChI is InChI=1S/C15H27N3S/c1-11(2)16-9-13-10-19-15(17-13)18(4)14-8-6-5-7-12(14)3/h10-12,14,16H,5-9H2,1-4H3. The summed E-state index contributed by atoms with van der Waals surface area (Å²) in [7, 11) is 2.21. The van der Waals surface area contributed by atoms with Gasteiger partial charge in [0.05, 0.1) is 5.69 Å². The Hall–Kier alpha value is -0.610. The molecule has 2 rings (SSSR count). The largest absolute Gasteiger partial charge is 0.348 e. The maximum absolute atomic E-state index is 4.77. The Morgan fingerprint density at radius 3 is 2.84 bits per heavy atom. The molecule has 108 valence electrons. The molecule has 4 heteroatoms. The number of thiazole rings is 1. The Bertz CT molecular complexity index is 388. The molecular weight excluding hydrogens is 254 g/mol. The van der Waals surface area contributed by atoms with Gasteiger partial charge in [-0.3, -0.25) is 0 Å². The first kappa shape index (κ1) is 14.8. The summed E-state index contributed by atoms with van der Waals surface area (Å²) >= 11 is 1.78. The smallest absolute Gasteiger partial charge is 0.185 e. The highest BCUT2D eigenvalue weighted by Crippen LogP contribution is 2.31. The molecule has 0 radical (unpaired) electrons. The van der Waals surface area contributed by atoms with Gasteiger partial charge in [-0.15, -0.1) is 11.3 Å². The van der Waals surface area contributed by atoms with Gasteiger partial charge in [-0.2, -0.15) is 0 Å². The van der Waals surface area contributed by atoms with Crippen molar-refractivity contribution in [1.82, 2.24) is 10.3 Å². The van der Waals surface area contributed by atoms with E-state index >= 15 is 0 Å². The fraction of sp³-hybridized carbons (Fsp3) is 0.800. The van der Waals surface area contributed by atoms with Crippen LogP contribution < -0.4 is 10.2 Å². The molecule has 0 aliphatic heterocycles. The highest BCUT2D eigenvalue weighted by atomic mass is 32.1. The lowest BCUT2D eigenvalue weighted by atomic mass is 9.85. The summed E-state index contributed by atoms with van der Waals surface area (Å²) in [5, 5.41) is 6.80. The molecule has 0 amide bonds. The van der Waals surface area contributed by atoms with E-state index in [1.54, 1.807) is 11.3 Å². The van der Waals surface area contributed by atoms with E-state index in [9.17, 15) is 0 Å². The average Bonchev–Trinajstić information content (AvgIpc) is 2.85. The van der Waals surface area contributed by atoms with E-state index in [0.29, 0.717) is 12.1 Å². The van der Waals surface area contributed by atoms with Gasteiger partial charge in [0.1, 0.15) is 0 Å². The maximum atomic E-state index is 4.77. The molecule has 1 fully saturated rings. The Morgan fingerprint density at radius 2 is 2.16 bits per heavy atom. The van der Waals surface area contributed by atoms with E-state index in [1.807, 2.05) is 0 Å². The monoisotopic (exact) mass is 281 g/mol. The number of nitrogens with zero attached hydrogens (tertiary/aromatic N) is 2. The molecule has 1 aromatic rings. The van der Waals surface area contributed by atoms with Gasteiger partial charge in [-0.25, -0.2) is 4.98 Å². The van der Waals surface area contributed by atoms with Crippen molar-refractivity contribution in [2.75, 3.05) is 11.9 Å². The molecular formula is C15H27N3S. The summed E-state index contributed by atoms with van der Waals surface area (Å²) in [6.07, 6.45) is 5.44. The van der Waals surface area contributed by atoms with Crippen molar-refractivity contribution in [3.8, 4) is 0 Å². The van der Waals surface area contributed by atoms with Crippen LogP contribution >= 0.6 is 11.3 Å². The molecule has 1 heterocycles. The Labute approximate surface area is 121 Å². The molecule has 2 atom stereocenters. The predicted molar refractivity (Wildman–Crippen MR) is 83.9 cm³/mol. The van der Waals surface area contributed by atoms with Crippen LogP contribution in [0.1, 0.15) is 52.1 Å². The van der Waals surface area contributed by atoms with Crippen LogP contribution in [0.2, 0.25) is 0 Å². The first-order valence-electron chi connectivity index (χ1n) is 7.48. The third kappa shape index (κ3) is 3.93. The fourth-order valence-corrected chi connectivity index (χ4v) is 3.71. The number of anilines is 1. The van der Waals surface area contributed by atoms with Gasteiger partial charge < -0.3 is 10.2 Å². The Balaban J connectivity index is 1.96. The second-order valence-electron chi connectivity index (χ2n) is 6.10. The number of hydrogen-bond acceptors (Lipinski definition) is 4. The number of aromatic nitrogens is 1. The molecule has 1 aliphatic carbocycles. The normalized spacial score (nSPS) is 23.8. The zero-order valence-corrected chi connectivity index (χ0v) is 13.5. The van der Waals surface area contributed by atoms with Crippen LogP contribution in [0.3, 0.4) is 0 Å². The van der Waals surface area contributed by atoms with Gasteiger partial charge in [-0.05, 0) is 18.8 Å². The molecule has 0 bridgehead atoms. The minimum Gasteiger partial charge on any atom is -0.348 e. The molecule has 19 heavy (non-hydrogen) atoms. The number of rotatable bonds is 5. The van der Waals surface area contributed by atoms with Crippen molar-refractivity contribution in [3.05, 3.63) is 11.1 Å². The van der Waals surface area contributed by atoms with Crippen molar-refractivity contribution < 1.29 is 0 Å². The quantitative estimate of drug-likeness (QED) is 0.893. The molecule has 0 saturated heterocycles. The molecule has 3 nitrogen and oxygen atoms in total. The average molecular weight is 281 g/mol. The third-order valence-electron chi connectivity index (χ3n) is 4.10. The van der Waals surface area contributed by atoms with Gasteiger partial charge >= 0.3 is 0 Å². The fourth-order valence-electron chi connectivity index (χ4n) is 2.86. The Kier molecular flexibility index (Phi) is 5.22. The maximum Gasteiger partial charge on any atom is 0.185 e. The molecule has 0 spiro atoms. The lowest BCUT2D eigenvalue weighted by molar-refractivity contribution is 0.321. The molecule has 1 N–H and O–H groups in total. The summed E-state index contributed by atoms with van der Waals surface area (Å²) in [6, 6.07) is 1.19. The molecule has 1 aliphatic rings. The first-order valence-corrected chi connectivity index (χ1v) is 8.36. The minimum absolute atomic E-state index is 0.515. The molecule has 2 unspecified atom stereocenters. The van der Waals surface area contributed by atoms with E-state index in [0.717, 1.165) is 12.5 Å². The zero-order valence-electron chi connectivity index (χ0n) is 12.6. The van der Waals surface area contributed by atoms with Gasteiger partial charge in [0.25, 0.3) is 0 Å². The van der Waals surface area contributed by atoms with Crippen LogP contribution in [0.25, 0.3) is 0 Å². The topological polar surface area (TPSA) is 28.2 Å². The second kappa shape index (κ2) is 6.71. The predicted octanol–water partition coefficient (Wildman–Crippen LogP) is 3.66. The summed E-state index contributed by atoms with van der Waals surface area (Å²) in [6.45, 7) is 7.60. The molecule has 0 aromatic carbocycles. The highest BCUT2D eigenvalue weighted by molar-refractivity contribution is 7.13. The molecule has 1 saturated carbocycles. The number of nitrogens with one attached hydrogen (secondary N) is 1. The number of hydrogen-bond donors (Lipinski definition) is 1. The van der Waals surface area contributed by atoms with Crippen molar-refractivity contribution in [2.45, 2.75) is 65.1 Å². The highest BCUT2D eigenvalue weighted by Gasteiger charge is 2.26. The van der Waals surface area contributed by atoms with E-state index in [4.69, 9.17) is 4.98 Å². The van der Waals surface area contributed by atoms with Crippen molar-refractivity contribution in [2.24, 2.45) is 5.92 Å². The van der Waals surface area contributed by atoms with E-state index < -0.39 is 0 Å². The molecule has 1 aromatic heterocycles. The van der Waals surface area contributed by atoms with E-state index in [-0.39, 0.29) is 0 Å². The summed E-state index contributed by atoms with van der Waals surface area (Å²) < 4.78 is 0. The van der Waals surface area contributed by atoms with Gasteiger partial charge in [0, 0.05) is 31.1 Å². The second-order valence-corrected chi connectivity index (χ2v) is 6.93. The minimum atomic E-state index is 0.515. The lowest BCUT2D eigenvalue weighted by Crippen LogP contribution is -2.39. The summed E-state index contributed by atoms with van der Waals surface area (Å²) in [4.78, 5) is 7.18. The van der Waals surface area contributed by atoms with Crippen LogP contribution in [0.15, 0.2) is 5.38 Å². The zero-order chi connectivity index (χ0) is 13.8. The van der Waals surface area contributed by atoms with Crippen LogP contribution in [0.5, 0.6) is 0 Å². The van der Waals surface area contributed by atoms with Gasteiger partial charge in [0.2, 0.25) is 0 Å². The van der Waals surface area contributed by atoms with E-state index in [2.05, 4.69) is 43.4 Å². The van der Waals surface area contributed by atoms with Crippen molar-refractivity contribution in [1.29, 1.82) is 0 Å². The first-order chi connectivity index (χ1) is 9.08. The van der Waals surface area contributed by atoms with Crippen molar-refractivity contribution >= 4 is 16.5 Å². The van der Waals surface area contributed by atoms with Crippen LogP contribution in [0.4, 0.5) is 5.13 Å². The van der Waals surface area contributed by atoms with Gasteiger partial charge in [0.15, 0.2) is 5.13 Å². The summed E-state index contributed by atoms with van der Waals surface area (Å²) in [5.41, 5.74) is 1.17. The van der Waals surface area contributed by atoms with Crippen LogP contribution in [0, 0.1) is 5.92 Å². The van der Waals surface area contributed by atoms with Gasteiger partial charge in [-0.1, -0.05) is 33.6 Å². The lowest BCUT2D eigenvalue weighted by Gasteiger charge is -2.36. The van der Waals surface area contributed by atoms with Crippen LogP contribution in [-0.2, 0) is 6.54 Å². The van der Waals surface area contributed by atoms with Crippen molar-refractivity contribution in [3.63, 3.8) is 0 Å². The van der Waals surface area contributed by atoms with E-state index in [1.165, 1.54) is 36.5 Å². The Morgan fingerprint density at radius 1 is 1.42 bits per heavy atom. The third-order valence-corrected chi connectivity index (χ3v) is 5.08.